The Bertz CT molecular complexity index is 781. The number of ether oxygens (including phenoxy) is 1. The van der Waals surface area contributed by atoms with Crippen LogP contribution >= 0.6 is 0 Å². The highest BCUT2D eigenvalue weighted by atomic mass is 19.3. The maximum atomic E-state index is 12.4. The molecule has 2 aromatic carbocycles. The Morgan fingerprint density at radius 2 is 1.88 bits per heavy atom. The number of amides is 2. The van der Waals surface area contributed by atoms with Crippen LogP contribution in [0.1, 0.15) is 22.8 Å². The first-order chi connectivity index (χ1) is 12.4. The summed E-state index contributed by atoms with van der Waals surface area (Å²) < 4.78 is 28.9. The van der Waals surface area contributed by atoms with Gasteiger partial charge in [-0.1, -0.05) is 31.2 Å². The molecular formula is C19H20F2N2O3. The number of nitrogens with one attached hydrogen (secondary N) is 1. The van der Waals surface area contributed by atoms with Crippen LogP contribution in [0.5, 0.6) is 5.75 Å². The molecule has 2 aromatic rings. The molecule has 0 aromatic heterocycles. The smallest absolute Gasteiger partial charge is 0.387 e. The summed E-state index contributed by atoms with van der Waals surface area (Å²) in [4.78, 5) is 25.8. The second-order valence-electron chi connectivity index (χ2n) is 5.63. The molecule has 0 heterocycles. The van der Waals surface area contributed by atoms with Crippen LogP contribution in [-0.4, -0.2) is 36.9 Å². The van der Waals surface area contributed by atoms with E-state index in [1.807, 2.05) is 25.1 Å². The Balaban J connectivity index is 2.01. The van der Waals surface area contributed by atoms with Crippen LogP contribution in [0, 0.1) is 0 Å². The normalized spacial score (nSPS) is 10.5. The molecular weight excluding hydrogens is 342 g/mol. The second-order valence-corrected chi connectivity index (χ2v) is 5.63. The van der Waals surface area contributed by atoms with Gasteiger partial charge in [0.2, 0.25) is 5.91 Å². The third-order valence-corrected chi connectivity index (χ3v) is 3.71. The van der Waals surface area contributed by atoms with Gasteiger partial charge in [-0.05, 0) is 36.2 Å². The predicted octanol–water partition coefficient (Wildman–Crippen LogP) is 3.56. The molecule has 1 N–H and O–H groups in total. The third-order valence-electron chi connectivity index (χ3n) is 3.71. The van der Waals surface area contributed by atoms with Crippen molar-refractivity contribution in [1.82, 2.24) is 4.90 Å². The maximum absolute atomic E-state index is 12.4. The monoisotopic (exact) mass is 362 g/mol. The number of benzene rings is 2. The molecule has 0 spiro atoms. The Morgan fingerprint density at radius 1 is 1.15 bits per heavy atom. The minimum atomic E-state index is -2.97. The molecule has 138 valence electrons. The molecule has 0 bridgehead atoms. The molecule has 0 radical (unpaired) electrons. The van der Waals surface area contributed by atoms with Crippen LogP contribution in [0.2, 0.25) is 0 Å². The van der Waals surface area contributed by atoms with E-state index >= 15 is 0 Å². The first-order valence-electron chi connectivity index (χ1n) is 8.08. The number of aryl methyl sites for hydroxylation is 1. The number of para-hydroxylation sites is 1. The summed E-state index contributed by atoms with van der Waals surface area (Å²) in [6.07, 6.45) is 0.766. The molecule has 2 amide bonds. The fraction of sp³-hybridized carbons (Fsp3) is 0.263. The summed E-state index contributed by atoms with van der Waals surface area (Å²) in [5, 5.41) is 2.78. The molecule has 0 unspecified atom stereocenters. The van der Waals surface area contributed by atoms with Gasteiger partial charge in [0.15, 0.2) is 0 Å². The van der Waals surface area contributed by atoms with Crippen LogP contribution in [0.15, 0.2) is 48.5 Å². The van der Waals surface area contributed by atoms with E-state index in [0.717, 1.165) is 12.0 Å². The summed E-state index contributed by atoms with van der Waals surface area (Å²) >= 11 is 0. The number of anilines is 1. The number of hydrogen-bond donors (Lipinski definition) is 1. The fourth-order valence-electron chi connectivity index (χ4n) is 2.45. The van der Waals surface area contributed by atoms with Crippen LogP contribution in [0.25, 0.3) is 0 Å². The summed E-state index contributed by atoms with van der Waals surface area (Å²) in [6.45, 7) is -1.16. The molecule has 26 heavy (non-hydrogen) atoms. The lowest BCUT2D eigenvalue weighted by Crippen LogP contribution is -2.35. The van der Waals surface area contributed by atoms with Crippen molar-refractivity contribution in [3.05, 3.63) is 59.7 Å². The fourth-order valence-corrected chi connectivity index (χ4v) is 2.45. The van der Waals surface area contributed by atoms with Gasteiger partial charge in [0.25, 0.3) is 5.91 Å². The van der Waals surface area contributed by atoms with E-state index in [1.165, 1.54) is 36.2 Å². The number of halogens is 2. The molecule has 0 saturated heterocycles. The number of alkyl halides is 2. The zero-order valence-electron chi connectivity index (χ0n) is 14.5. The second kappa shape index (κ2) is 8.94. The standard InChI is InChI=1S/C19H20F2N2O3/c1-3-13-7-4-5-10-16(13)22-17(24)12-23(2)18(25)14-8-6-9-15(11-14)26-19(20)21/h4-11,19H,3,12H2,1-2H3,(H,22,24). The third kappa shape index (κ3) is 5.27. The molecule has 0 aliphatic carbocycles. The van der Waals surface area contributed by atoms with Crippen LogP contribution in [0.4, 0.5) is 14.5 Å². The number of likely N-dealkylation sites (N-methyl/N-ethyl adjacent to an activating group) is 1. The van der Waals surface area contributed by atoms with Crippen LogP contribution in [0.3, 0.4) is 0 Å². The molecule has 5 nitrogen and oxygen atoms in total. The summed E-state index contributed by atoms with van der Waals surface area (Å²) in [7, 11) is 1.47. The molecule has 0 atom stereocenters. The zero-order valence-corrected chi connectivity index (χ0v) is 14.5. The van der Waals surface area contributed by atoms with Gasteiger partial charge in [-0.25, -0.2) is 0 Å². The molecule has 0 saturated carbocycles. The minimum absolute atomic E-state index is 0.111. The number of nitrogens with zero attached hydrogens (tertiary/aromatic N) is 1. The Morgan fingerprint density at radius 3 is 2.58 bits per heavy atom. The van der Waals surface area contributed by atoms with Crippen molar-refractivity contribution in [2.45, 2.75) is 20.0 Å². The number of carbonyl (C=O) groups excluding carboxylic acids is 2. The number of carbonyl (C=O) groups is 2. The Labute approximate surface area is 150 Å². The van der Waals surface area contributed by atoms with Crippen LogP contribution in [-0.2, 0) is 11.2 Å². The van der Waals surface area contributed by atoms with E-state index in [9.17, 15) is 18.4 Å². The zero-order chi connectivity index (χ0) is 19.1. The van der Waals surface area contributed by atoms with Crippen molar-refractivity contribution >= 4 is 17.5 Å². The highest BCUT2D eigenvalue weighted by molar-refractivity contribution is 5.99. The van der Waals surface area contributed by atoms with Gasteiger partial charge in [0, 0.05) is 18.3 Å². The van der Waals surface area contributed by atoms with E-state index in [0.29, 0.717) is 5.69 Å². The number of hydrogen-bond acceptors (Lipinski definition) is 3. The van der Waals surface area contributed by atoms with E-state index in [4.69, 9.17) is 0 Å². The van der Waals surface area contributed by atoms with Gasteiger partial charge in [-0.15, -0.1) is 0 Å². The molecule has 0 fully saturated rings. The first kappa shape index (κ1) is 19.4. The highest BCUT2D eigenvalue weighted by Gasteiger charge is 2.17. The molecule has 7 heteroatoms. The maximum Gasteiger partial charge on any atom is 0.387 e. The Hall–Kier alpha value is -2.96. The van der Waals surface area contributed by atoms with Crippen molar-refractivity contribution in [2.24, 2.45) is 0 Å². The van der Waals surface area contributed by atoms with E-state index in [-0.39, 0.29) is 23.8 Å². The summed E-state index contributed by atoms with van der Waals surface area (Å²) in [5.74, 6) is -0.925. The molecule has 0 aliphatic heterocycles. The average Bonchev–Trinajstić information content (AvgIpc) is 2.61. The van der Waals surface area contributed by atoms with Crippen molar-refractivity contribution in [2.75, 3.05) is 18.9 Å². The topological polar surface area (TPSA) is 58.6 Å². The highest BCUT2D eigenvalue weighted by Crippen LogP contribution is 2.18. The summed E-state index contributed by atoms with van der Waals surface area (Å²) in [5.41, 5.74) is 1.85. The molecule has 2 rings (SSSR count). The van der Waals surface area contributed by atoms with E-state index < -0.39 is 12.5 Å². The number of rotatable bonds is 7. The van der Waals surface area contributed by atoms with E-state index in [2.05, 4.69) is 10.1 Å². The predicted molar refractivity (Wildman–Crippen MR) is 94.5 cm³/mol. The van der Waals surface area contributed by atoms with Gasteiger partial charge in [-0.3, -0.25) is 9.59 Å². The minimum Gasteiger partial charge on any atom is -0.435 e. The van der Waals surface area contributed by atoms with Gasteiger partial charge in [0.05, 0.1) is 6.54 Å². The van der Waals surface area contributed by atoms with Crippen molar-refractivity contribution < 1.29 is 23.1 Å². The largest absolute Gasteiger partial charge is 0.435 e. The van der Waals surface area contributed by atoms with Gasteiger partial charge < -0.3 is 15.0 Å². The summed E-state index contributed by atoms with van der Waals surface area (Å²) in [6, 6.07) is 12.9. The average molecular weight is 362 g/mol. The van der Waals surface area contributed by atoms with E-state index in [1.54, 1.807) is 6.07 Å². The molecule has 0 aliphatic rings. The quantitative estimate of drug-likeness (QED) is 0.819. The SMILES string of the molecule is CCc1ccccc1NC(=O)CN(C)C(=O)c1cccc(OC(F)F)c1. The lowest BCUT2D eigenvalue weighted by Gasteiger charge is -2.18. The van der Waals surface area contributed by atoms with Crippen molar-refractivity contribution in [3.63, 3.8) is 0 Å². The lowest BCUT2D eigenvalue weighted by molar-refractivity contribution is -0.116. The van der Waals surface area contributed by atoms with Gasteiger partial charge in [0.1, 0.15) is 5.75 Å². The van der Waals surface area contributed by atoms with Crippen LogP contribution < -0.4 is 10.1 Å². The lowest BCUT2D eigenvalue weighted by atomic mass is 10.1. The first-order valence-corrected chi connectivity index (χ1v) is 8.08. The van der Waals surface area contributed by atoms with Crippen molar-refractivity contribution in [1.29, 1.82) is 0 Å². The van der Waals surface area contributed by atoms with Gasteiger partial charge >= 0.3 is 6.61 Å². The Kier molecular flexibility index (Phi) is 6.66. The van der Waals surface area contributed by atoms with Gasteiger partial charge in [-0.2, -0.15) is 8.78 Å². The van der Waals surface area contributed by atoms with Crippen molar-refractivity contribution in [3.8, 4) is 5.75 Å².